The summed E-state index contributed by atoms with van der Waals surface area (Å²) in [4.78, 5) is 11.8. The van der Waals surface area contributed by atoms with E-state index < -0.39 is 0 Å². The lowest BCUT2D eigenvalue weighted by molar-refractivity contribution is -0.116. The highest BCUT2D eigenvalue weighted by molar-refractivity contribution is 9.10. The van der Waals surface area contributed by atoms with Crippen LogP contribution in [0.25, 0.3) is 6.08 Å². The zero-order chi connectivity index (χ0) is 15.2. The molecule has 2 aromatic rings. The number of nitrogens with zero attached hydrogens (tertiary/aromatic N) is 2. The maximum Gasteiger partial charge on any atom is 0.244 e. The Morgan fingerprint density at radius 3 is 2.71 bits per heavy atom. The quantitative estimate of drug-likeness (QED) is 0.843. The fourth-order valence-electron chi connectivity index (χ4n) is 1.75. The summed E-state index contributed by atoms with van der Waals surface area (Å²) in [5.41, 5.74) is 1.86. The molecule has 2 rings (SSSR count). The van der Waals surface area contributed by atoms with Crippen molar-refractivity contribution >= 4 is 27.9 Å². The number of hydrogen-bond donors (Lipinski definition) is 1. The highest BCUT2D eigenvalue weighted by Crippen LogP contribution is 2.14. The minimum atomic E-state index is -0.154. The van der Waals surface area contributed by atoms with E-state index in [1.165, 1.54) is 6.08 Å². The molecule has 6 heteroatoms. The predicted octanol–water partition coefficient (Wildman–Crippen LogP) is 2.52. The van der Waals surface area contributed by atoms with Gasteiger partial charge in [-0.05, 0) is 39.7 Å². The summed E-state index contributed by atoms with van der Waals surface area (Å²) in [6, 6.07) is 7.48. The first kappa shape index (κ1) is 15.3. The molecule has 5 nitrogen and oxygen atoms in total. The second-order valence-electron chi connectivity index (χ2n) is 4.39. The fraction of sp³-hybridized carbons (Fsp3) is 0.200. The van der Waals surface area contributed by atoms with E-state index in [4.69, 9.17) is 4.74 Å². The molecule has 110 valence electrons. The molecule has 0 atom stereocenters. The second kappa shape index (κ2) is 7.08. The minimum absolute atomic E-state index is 0.154. The van der Waals surface area contributed by atoms with Crippen LogP contribution in [0.5, 0.6) is 5.75 Å². The molecule has 0 aliphatic carbocycles. The number of aromatic nitrogens is 2. The van der Waals surface area contributed by atoms with Crippen molar-refractivity contribution < 1.29 is 9.53 Å². The standard InChI is InChI=1S/C15H16BrN3O2/c1-19-14(13(16)9-18-19)10-17-15(20)8-5-11-3-6-12(21-2)7-4-11/h3-9H,10H2,1-2H3,(H,17,20)/b8-5+. The Morgan fingerprint density at radius 1 is 1.43 bits per heavy atom. The molecule has 0 unspecified atom stereocenters. The second-order valence-corrected chi connectivity index (χ2v) is 5.24. The summed E-state index contributed by atoms with van der Waals surface area (Å²) in [7, 11) is 3.45. The third kappa shape index (κ3) is 4.19. The van der Waals surface area contributed by atoms with Gasteiger partial charge in [-0.1, -0.05) is 12.1 Å². The Labute approximate surface area is 131 Å². The topological polar surface area (TPSA) is 56.1 Å². The van der Waals surface area contributed by atoms with E-state index in [0.717, 1.165) is 21.5 Å². The minimum Gasteiger partial charge on any atom is -0.497 e. The lowest BCUT2D eigenvalue weighted by atomic mass is 10.2. The molecule has 0 fully saturated rings. The molecular formula is C15H16BrN3O2. The van der Waals surface area contributed by atoms with Gasteiger partial charge in [-0.25, -0.2) is 0 Å². The smallest absolute Gasteiger partial charge is 0.244 e. The maximum absolute atomic E-state index is 11.8. The van der Waals surface area contributed by atoms with Gasteiger partial charge in [0.1, 0.15) is 5.75 Å². The summed E-state index contributed by atoms with van der Waals surface area (Å²) in [6.07, 6.45) is 4.97. The van der Waals surface area contributed by atoms with Gasteiger partial charge >= 0.3 is 0 Å². The largest absolute Gasteiger partial charge is 0.497 e. The van der Waals surface area contributed by atoms with Gasteiger partial charge in [-0.3, -0.25) is 9.48 Å². The lowest BCUT2D eigenvalue weighted by Crippen LogP contribution is -2.22. The van der Waals surface area contributed by atoms with E-state index in [9.17, 15) is 4.79 Å². The van der Waals surface area contributed by atoms with Crippen molar-refractivity contribution in [1.82, 2.24) is 15.1 Å². The first-order valence-corrected chi connectivity index (χ1v) is 7.16. The molecule has 1 N–H and O–H groups in total. The van der Waals surface area contributed by atoms with Crippen molar-refractivity contribution in [2.75, 3.05) is 7.11 Å². The van der Waals surface area contributed by atoms with Crippen molar-refractivity contribution in [2.45, 2.75) is 6.54 Å². The Morgan fingerprint density at radius 2 is 2.14 bits per heavy atom. The van der Waals surface area contributed by atoms with Gasteiger partial charge in [0.05, 0.1) is 30.0 Å². The number of halogens is 1. The molecule has 1 aromatic carbocycles. The van der Waals surface area contributed by atoms with Gasteiger partial charge in [0.2, 0.25) is 5.91 Å². The first-order valence-electron chi connectivity index (χ1n) is 6.36. The van der Waals surface area contributed by atoms with Gasteiger partial charge in [0.25, 0.3) is 0 Å². The molecule has 0 radical (unpaired) electrons. The van der Waals surface area contributed by atoms with E-state index >= 15 is 0 Å². The van der Waals surface area contributed by atoms with Crippen LogP contribution in [-0.2, 0) is 18.4 Å². The molecule has 1 aromatic heterocycles. The summed E-state index contributed by atoms with van der Waals surface area (Å²) in [6.45, 7) is 0.420. The molecule has 0 bridgehead atoms. The van der Waals surface area contributed by atoms with Crippen LogP contribution < -0.4 is 10.1 Å². The molecule has 0 aliphatic heterocycles. The molecule has 1 amide bonds. The van der Waals surface area contributed by atoms with E-state index in [-0.39, 0.29) is 5.91 Å². The van der Waals surface area contributed by atoms with Crippen LogP contribution in [0.3, 0.4) is 0 Å². The number of ether oxygens (including phenoxy) is 1. The van der Waals surface area contributed by atoms with Crippen LogP contribution in [0.15, 0.2) is 41.0 Å². The molecule has 0 aliphatic rings. The summed E-state index contributed by atoms with van der Waals surface area (Å²) >= 11 is 3.39. The van der Waals surface area contributed by atoms with Crippen LogP contribution >= 0.6 is 15.9 Å². The van der Waals surface area contributed by atoms with Crippen molar-refractivity contribution in [3.05, 3.63) is 52.3 Å². The molecular weight excluding hydrogens is 334 g/mol. The van der Waals surface area contributed by atoms with Gasteiger partial charge in [0.15, 0.2) is 0 Å². The number of nitrogens with one attached hydrogen (secondary N) is 1. The van der Waals surface area contributed by atoms with Crippen molar-refractivity contribution in [2.24, 2.45) is 7.05 Å². The molecule has 0 spiro atoms. The van der Waals surface area contributed by atoms with Crippen molar-refractivity contribution in [3.8, 4) is 5.75 Å². The third-order valence-corrected chi connectivity index (χ3v) is 3.65. The number of amides is 1. The number of aryl methyl sites for hydroxylation is 1. The van der Waals surface area contributed by atoms with Crippen LogP contribution in [0.2, 0.25) is 0 Å². The van der Waals surface area contributed by atoms with E-state index in [1.807, 2.05) is 31.3 Å². The highest BCUT2D eigenvalue weighted by Gasteiger charge is 2.06. The summed E-state index contributed by atoms with van der Waals surface area (Å²) in [5.74, 6) is 0.636. The average Bonchev–Trinajstić information content (AvgIpc) is 2.82. The van der Waals surface area contributed by atoms with E-state index in [0.29, 0.717) is 6.54 Å². The van der Waals surface area contributed by atoms with Gasteiger partial charge in [-0.15, -0.1) is 0 Å². The molecule has 21 heavy (non-hydrogen) atoms. The number of carbonyl (C=O) groups is 1. The number of carbonyl (C=O) groups excluding carboxylic acids is 1. The maximum atomic E-state index is 11.8. The zero-order valence-electron chi connectivity index (χ0n) is 11.8. The summed E-state index contributed by atoms with van der Waals surface area (Å²) in [5, 5.41) is 6.91. The number of methoxy groups -OCH3 is 1. The summed E-state index contributed by atoms with van der Waals surface area (Å²) < 4.78 is 7.68. The van der Waals surface area contributed by atoms with Crippen LogP contribution in [0.1, 0.15) is 11.3 Å². The van der Waals surface area contributed by atoms with Gasteiger partial charge in [0, 0.05) is 13.1 Å². The fourth-order valence-corrected chi connectivity index (χ4v) is 2.24. The van der Waals surface area contributed by atoms with E-state index in [2.05, 4.69) is 26.3 Å². The SMILES string of the molecule is COc1ccc(/C=C/C(=O)NCc2c(Br)cnn2C)cc1. The highest BCUT2D eigenvalue weighted by atomic mass is 79.9. The van der Waals surface area contributed by atoms with Crippen LogP contribution in [-0.4, -0.2) is 22.8 Å². The Kier molecular flexibility index (Phi) is 5.16. The molecule has 0 saturated heterocycles. The zero-order valence-corrected chi connectivity index (χ0v) is 13.4. The third-order valence-electron chi connectivity index (χ3n) is 2.98. The first-order chi connectivity index (χ1) is 10.1. The predicted molar refractivity (Wildman–Crippen MR) is 84.8 cm³/mol. The van der Waals surface area contributed by atoms with Crippen molar-refractivity contribution in [3.63, 3.8) is 0 Å². The Hall–Kier alpha value is -2.08. The Bertz CT molecular complexity index is 628. The lowest BCUT2D eigenvalue weighted by Gasteiger charge is -2.04. The normalized spacial score (nSPS) is 10.8. The average molecular weight is 350 g/mol. The number of rotatable bonds is 5. The number of hydrogen-bond acceptors (Lipinski definition) is 3. The van der Waals surface area contributed by atoms with Crippen molar-refractivity contribution in [1.29, 1.82) is 0 Å². The molecule has 1 heterocycles. The Balaban J connectivity index is 1.90. The van der Waals surface area contributed by atoms with E-state index in [1.54, 1.807) is 24.1 Å². The van der Waals surface area contributed by atoms with Crippen LogP contribution in [0, 0.1) is 0 Å². The molecule has 0 saturated carbocycles. The monoisotopic (exact) mass is 349 g/mol. The van der Waals surface area contributed by atoms with Gasteiger partial charge in [-0.2, -0.15) is 5.10 Å². The number of benzene rings is 1. The van der Waals surface area contributed by atoms with Crippen LogP contribution in [0.4, 0.5) is 0 Å². The van der Waals surface area contributed by atoms with Gasteiger partial charge < -0.3 is 10.1 Å².